The van der Waals surface area contributed by atoms with Crippen LogP contribution in [0.4, 0.5) is 5.82 Å². The van der Waals surface area contributed by atoms with Crippen LogP contribution in [0.25, 0.3) is 21.3 Å². The topological polar surface area (TPSA) is 58.5 Å². The van der Waals surface area contributed by atoms with E-state index in [9.17, 15) is 5.11 Å². The van der Waals surface area contributed by atoms with Crippen molar-refractivity contribution in [1.82, 2.24) is 9.97 Å². The van der Waals surface area contributed by atoms with Crippen LogP contribution in [0.1, 0.15) is 25.7 Å². The van der Waals surface area contributed by atoms with E-state index in [1.165, 1.54) is 6.42 Å². The zero-order chi connectivity index (χ0) is 17.9. The van der Waals surface area contributed by atoms with Gasteiger partial charge in [-0.15, -0.1) is 11.3 Å². The zero-order valence-corrected chi connectivity index (χ0v) is 15.7. The van der Waals surface area contributed by atoms with Crippen molar-refractivity contribution in [3.63, 3.8) is 0 Å². The number of ether oxygens (including phenoxy) is 1. The van der Waals surface area contributed by atoms with Crippen LogP contribution in [0, 0.1) is 0 Å². The van der Waals surface area contributed by atoms with Crippen molar-refractivity contribution in [1.29, 1.82) is 0 Å². The number of hydrogen-bond acceptors (Lipinski definition) is 6. The number of nitrogens with zero attached hydrogens (tertiary/aromatic N) is 3. The second-order valence-corrected chi connectivity index (χ2v) is 7.47. The van der Waals surface area contributed by atoms with Gasteiger partial charge >= 0.3 is 0 Å². The van der Waals surface area contributed by atoms with Gasteiger partial charge in [0.1, 0.15) is 22.7 Å². The van der Waals surface area contributed by atoms with Gasteiger partial charge in [-0.05, 0) is 43.4 Å². The quantitative estimate of drug-likeness (QED) is 0.733. The van der Waals surface area contributed by atoms with Crippen LogP contribution in [0.3, 0.4) is 0 Å². The number of anilines is 1. The third-order valence-corrected chi connectivity index (χ3v) is 6.00. The lowest BCUT2D eigenvalue weighted by molar-refractivity contribution is 0.262. The van der Waals surface area contributed by atoms with Gasteiger partial charge in [0.15, 0.2) is 0 Å². The molecule has 2 aromatic heterocycles. The van der Waals surface area contributed by atoms with Crippen molar-refractivity contribution < 1.29 is 9.84 Å². The van der Waals surface area contributed by atoms with Crippen molar-refractivity contribution in [3.05, 3.63) is 36.0 Å². The molecule has 1 aliphatic rings. The molecule has 136 valence electrons. The van der Waals surface area contributed by atoms with E-state index in [4.69, 9.17) is 4.74 Å². The van der Waals surface area contributed by atoms with Crippen molar-refractivity contribution >= 4 is 27.4 Å². The van der Waals surface area contributed by atoms with E-state index < -0.39 is 0 Å². The van der Waals surface area contributed by atoms with Gasteiger partial charge in [-0.25, -0.2) is 9.97 Å². The van der Waals surface area contributed by atoms with Crippen LogP contribution in [-0.2, 0) is 0 Å². The molecule has 3 aromatic rings. The van der Waals surface area contributed by atoms with E-state index in [1.54, 1.807) is 24.8 Å². The van der Waals surface area contributed by atoms with E-state index in [1.807, 2.05) is 12.1 Å². The van der Waals surface area contributed by atoms with Gasteiger partial charge in [-0.1, -0.05) is 12.1 Å². The number of aromatic nitrogens is 2. The molecule has 1 unspecified atom stereocenters. The lowest BCUT2D eigenvalue weighted by atomic mass is 9.98. The molecule has 0 saturated carbocycles. The summed E-state index contributed by atoms with van der Waals surface area (Å²) in [7, 11) is 1.68. The van der Waals surface area contributed by atoms with Gasteiger partial charge in [0.25, 0.3) is 0 Å². The van der Waals surface area contributed by atoms with Crippen LogP contribution in [-0.4, -0.2) is 41.4 Å². The Morgan fingerprint density at radius 1 is 1.23 bits per heavy atom. The Morgan fingerprint density at radius 3 is 2.85 bits per heavy atom. The minimum Gasteiger partial charge on any atom is -0.497 e. The normalized spacial score (nSPS) is 17.6. The smallest absolute Gasteiger partial charge is 0.141 e. The largest absolute Gasteiger partial charge is 0.497 e. The molecule has 1 saturated heterocycles. The van der Waals surface area contributed by atoms with Crippen LogP contribution >= 0.6 is 11.3 Å². The van der Waals surface area contributed by atoms with Crippen LogP contribution in [0.5, 0.6) is 5.75 Å². The number of thiophene rings is 1. The summed E-state index contributed by atoms with van der Waals surface area (Å²) >= 11 is 1.65. The Bertz CT molecular complexity index is 876. The SMILES string of the molecule is COc1ccc(-c2csc3ncnc(N4CCCCC4CCO)c23)cc1. The maximum absolute atomic E-state index is 9.47. The lowest BCUT2D eigenvalue weighted by Gasteiger charge is -2.37. The first kappa shape index (κ1) is 17.2. The minimum atomic E-state index is 0.213. The first-order valence-electron chi connectivity index (χ1n) is 9.06. The van der Waals surface area contributed by atoms with Crippen LogP contribution in [0.2, 0.25) is 0 Å². The fourth-order valence-corrected chi connectivity index (χ4v) is 4.70. The summed E-state index contributed by atoms with van der Waals surface area (Å²) in [6, 6.07) is 8.47. The Morgan fingerprint density at radius 2 is 2.08 bits per heavy atom. The fraction of sp³-hybridized carbons (Fsp3) is 0.400. The number of rotatable bonds is 5. The molecular formula is C20H23N3O2S. The van der Waals surface area contributed by atoms with Gasteiger partial charge in [-0.2, -0.15) is 0 Å². The van der Waals surface area contributed by atoms with E-state index in [2.05, 4.69) is 32.4 Å². The van der Waals surface area contributed by atoms with Gasteiger partial charge in [-0.3, -0.25) is 0 Å². The molecule has 4 rings (SSSR count). The van der Waals surface area contributed by atoms with Crippen LogP contribution < -0.4 is 9.64 Å². The van der Waals surface area contributed by atoms with E-state index >= 15 is 0 Å². The molecule has 1 atom stereocenters. The molecule has 0 bridgehead atoms. The maximum Gasteiger partial charge on any atom is 0.141 e. The molecule has 0 spiro atoms. The predicted molar refractivity (Wildman–Crippen MR) is 106 cm³/mol. The lowest BCUT2D eigenvalue weighted by Crippen LogP contribution is -2.40. The summed E-state index contributed by atoms with van der Waals surface area (Å²) in [4.78, 5) is 12.6. The average Bonchev–Trinajstić information content (AvgIpc) is 3.13. The first-order chi connectivity index (χ1) is 12.8. The van der Waals surface area contributed by atoms with Crippen molar-refractivity contribution in [2.45, 2.75) is 31.7 Å². The summed E-state index contributed by atoms with van der Waals surface area (Å²) in [6.45, 7) is 1.19. The first-order valence-corrected chi connectivity index (χ1v) is 9.94. The summed E-state index contributed by atoms with van der Waals surface area (Å²) in [5.41, 5.74) is 2.31. The second-order valence-electron chi connectivity index (χ2n) is 6.61. The molecular weight excluding hydrogens is 346 g/mol. The summed E-state index contributed by atoms with van der Waals surface area (Å²) in [5.74, 6) is 1.85. The van der Waals surface area contributed by atoms with Gasteiger partial charge in [0.05, 0.1) is 12.5 Å². The molecule has 0 radical (unpaired) electrons. The molecule has 1 fully saturated rings. The molecule has 0 amide bonds. The molecule has 26 heavy (non-hydrogen) atoms. The fourth-order valence-electron chi connectivity index (χ4n) is 3.79. The average molecular weight is 369 g/mol. The number of methoxy groups -OCH3 is 1. The van der Waals surface area contributed by atoms with Crippen molar-refractivity contribution in [2.24, 2.45) is 0 Å². The van der Waals surface area contributed by atoms with Gasteiger partial charge in [0.2, 0.25) is 0 Å². The standard InChI is InChI=1S/C20H23N3O2S/c1-25-16-7-5-14(6-8-16)17-12-26-20-18(17)19(21-13-22-20)23-10-3-2-4-15(23)9-11-24/h5-8,12-13,15,24H,2-4,9-11H2,1H3. The number of fused-ring (bicyclic) bond motifs is 1. The van der Waals surface area contributed by atoms with Crippen molar-refractivity contribution in [2.75, 3.05) is 25.2 Å². The molecule has 6 heteroatoms. The highest BCUT2D eigenvalue weighted by Gasteiger charge is 2.26. The van der Waals surface area contributed by atoms with Gasteiger partial charge < -0.3 is 14.7 Å². The highest BCUT2D eigenvalue weighted by molar-refractivity contribution is 7.17. The number of aliphatic hydroxyl groups excluding tert-OH is 1. The third-order valence-electron chi connectivity index (χ3n) is 5.11. The van der Waals surface area contributed by atoms with E-state index in [-0.39, 0.29) is 6.61 Å². The Kier molecular flexibility index (Phi) is 5.04. The predicted octanol–water partition coefficient (Wildman–Crippen LogP) is 4.11. The second kappa shape index (κ2) is 7.60. The third kappa shape index (κ3) is 3.15. The monoisotopic (exact) mass is 369 g/mol. The molecule has 1 aliphatic heterocycles. The number of aliphatic hydroxyl groups is 1. The minimum absolute atomic E-state index is 0.213. The van der Waals surface area contributed by atoms with Crippen LogP contribution in [0.15, 0.2) is 36.0 Å². The summed E-state index contributed by atoms with van der Waals surface area (Å²) < 4.78 is 5.28. The summed E-state index contributed by atoms with van der Waals surface area (Å²) in [6.07, 6.45) is 5.93. The zero-order valence-electron chi connectivity index (χ0n) is 14.9. The number of benzene rings is 1. The summed E-state index contributed by atoms with van der Waals surface area (Å²) in [5, 5.41) is 12.7. The molecule has 1 aromatic carbocycles. The van der Waals surface area contributed by atoms with Gasteiger partial charge in [0, 0.05) is 30.1 Å². The highest BCUT2D eigenvalue weighted by atomic mass is 32.1. The van der Waals surface area contributed by atoms with E-state index in [0.717, 1.165) is 58.7 Å². The molecule has 3 heterocycles. The molecule has 1 N–H and O–H groups in total. The van der Waals surface area contributed by atoms with E-state index in [0.29, 0.717) is 6.04 Å². The maximum atomic E-state index is 9.47. The Hall–Kier alpha value is -2.18. The molecule has 0 aliphatic carbocycles. The molecule has 5 nitrogen and oxygen atoms in total. The number of piperidine rings is 1. The Labute approximate surface area is 157 Å². The Balaban J connectivity index is 1.81. The number of hydrogen-bond donors (Lipinski definition) is 1. The highest BCUT2D eigenvalue weighted by Crippen LogP contribution is 2.40. The van der Waals surface area contributed by atoms with Crippen molar-refractivity contribution in [3.8, 4) is 16.9 Å².